The minimum atomic E-state index is -2.99. The van der Waals surface area contributed by atoms with E-state index < -0.39 is 24.1 Å². The number of nitrogens with zero attached hydrogens (tertiary/aromatic N) is 4. The number of anilines is 2. The maximum absolute atomic E-state index is 14.4. The first-order valence-corrected chi connectivity index (χ1v) is 9.43. The lowest BCUT2D eigenvalue weighted by molar-refractivity contribution is -0.137. The van der Waals surface area contributed by atoms with Crippen LogP contribution in [0.2, 0.25) is 0 Å². The molecule has 27 heavy (non-hydrogen) atoms. The third kappa shape index (κ3) is 2.50. The van der Waals surface area contributed by atoms with Crippen molar-refractivity contribution < 1.29 is 23.1 Å². The van der Waals surface area contributed by atoms with Crippen molar-refractivity contribution in [2.24, 2.45) is 17.8 Å². The summed E-state index contributed by atoms with van der Waals surface area (Å²) < 4.78 is 42.3. The Morgan fingerprint density at radius 1 is 1.26 bits per heavy atom. The lowest BCUT2D eigenvalue weighted by atomic mass is 10.0. The van der Waals surface area contributed by atoms with E-state index in [0.717, 1.165) is 0 Å². The van der Waals surface area contributed by atoms with E-state index in [2.05, 4.69) is 9.97 Å². The highest BCUT2D eigenvalue weighted by atomic mass is 19.3. The summed E-state index contributed by atoms with van der Waals surface area (Å²) in [6.45, 7) is 3.09. The van der Waals surface area contributed by atoms with Crippen LogP contribution in [0, 0.1) is 17.8 Å². The largest absolute Gasteiger partial charge is 0.481 e. The second kappa shape index (κ2) is 5.48. The van der Waals surface area contributed by atoms with Gasteiger partial charge in [-0.3, -0.25) is 4.79 Å². The Morgan fingerprint density at radius 3 is 2.56 bits per heavy atom. The summed E-state index contributed by atoms with van der Waals surface area (Å²) in [6, 6.07) is -0.419. The standard InChI is InChI=1S/C18H21F3N4O2/c1-8-13(19)7-25(8)17-22-15-9(2-3-18(15,20)21)16(23-17)24-5-11-10(4-14(26)27)12(11)6-24/h8,10-13H,2-7H2,1H3,(H,26,27). The van der Waals surface area contributed by atoms with Gasteiger partial charge in [-0.2, -0.15) is 13.8 Å². The van der Waals surface area contributed by atoms with Crippen molar-refractivity contribution in [2.75, 3.05) is 29.4 Å². The number of rotatable bonds is 4. The Hall–Kier alpha value is -2.06. The first-order chi connectivity index (χ1) is 12.8. The Kier molecular flexibility index (Phi) is 3.46. The van der Waals surface area contributed by atoms with Crippen LogP contribution in [0.25, 0.3) is 0 Å². The van der Waals surface area contributed by atoms with Crippen molar-refractivity contribution >= 4 is 17.7 Å². The number of alkyl halides is 3. The van der Waals surface area contributed by atoms with Gasteiger partial charge in [0.05, 0.1) is 12.6 Å². The summed E-state index contributed by atoms with van der Waals surface area (Å²) in [7, 11) is 0. The molecule has 3 heterocycles. The van der Waals surface area contributed by atoms with Gasteiger partial charge in [0, 0.05) is 31.5 Å². The third-order valence-electron chi connectivity index (χ3n) is 6.73. The summed E-state index contributed by atoms with van der Waals surface area (Å²) >= 11 is 0. The number of aromatic nitrogens is 2. The fourth-order valence-corrected chi connectivity index (χ4v) is 4.94. The molecule has 3 fully saturated rings. The average Bonchev–Trinajstić information content (AvgIpc) is 2.96. The van der Waals surface area contributed by atoms with Crippen LogP contribution >= 0.6 is 0 Å². The molecule has 0 amide bonds. The van der Waals surface area contributed by atoms with Gasteiger partial charge < -0.3 is 14.9 Å². The zero-order valence-corrected chi connectivity index (χ0v) is 14.9. The number of carbonyl (C=O) groups is 1. The van der Waals surface area contributed by atoms with Crippen molar-refractivity contribution in [1.82, 2.24) is 9.97 Å². The Balaban J connectivity index is 1.45. The summed E-state index contributed by atoms with van der Waals surface area (Å²) in [4.78, 5) is 23.2. The van der Waals surface area contributed by atoms with Crippen molar-refractivity contribution in [2.45, 2.75) is 44.3 Å². The summed E-state index contributed by atoms with van der Waals surface area (Å²) in [5.74, 6) is -2.32. The molecule has 4 atom stereocenters. The van der Waals surface area contributed by atoms with E-state index >= 15 is 0 Å². The summed E-state index contributed by atoms with van der Waals surface area (Å²) in [5.41, 5.74) is 0.268. The van der Waals surface area contributed by atoms with Gasteiger partial charge in [0.15, 0.2) is 0 Å². The van der Waals surface area contributed by atoms with Gasteiger partial charge in [-0.1, -0.05) is 0 Å². The molecule has 0 radical (unpaired) electrons. The first kappa shape index (κ1) is 17.1. The summed E-state index contributed by atoms with van der Waals surface area (Å²) in [6.07, 6.45) is -0.889. The van der Waals surface area contributed by atoms with Gasteiger partial charge in [0.1, 0.15) is 17.7 Å². The molecule has 2 aliphatic heterocycles. The van der Waals surface area contributed by atoms with Crippen LogP contribution < -0.4 is 9.80 Å². The maximum atomic E-state index is 14.4. The van der Waals surface area contributed by atoms with Crippen LogP contribution in [-0.4, -0.2) is 52.9 Å². The molecule has 0 aromatic carbocycles. The van der Waals surface area contributed by atoms with Crippen LogP contribution in [0.15, 0.2) is 0 Å². The van der Waals surface area contributed by atoms with Crippen molar-refractivity contribution in [3.63, 3.8) is 0 Å². The number of carboxylic acids is 1. The molecule has 6 nitrogen and oxygen atoms in total. The topological polar surface area (TPSA) is 69.6 Å². The molecule has 4 unspecified atom stereocenters. The van der Waals surface area contributed by atoms with Crippen LogP contribution in [-0.2, 0) is 17.1 Å². The molecule has 0 bridgehead atoms. The van der Waals surface area contributed by atoms with E-state index in [4.69, 9.17) is 5.11 Å². The van der Waals surface area contributed by atoms with Gasteiger partial charge in [0.2, 0.25) is 5.95 Å². The highest BCUT2D eigenvalue weighted by molar-refractivity contribution is 5.68. The Labute approximate surface area is 154 Å². The molecule has 1 saturated carbocycles. The van der Waals surface area contributed by atoms with E-state index in [1.807, 2.05) is 4.90 Å². The number of aliphatic carboxylic acids is 1. The zero-order valence-electron chi connectivity index (χ0n) is 14.9. The molecule has 5 rings (SSSR count). The lowest BCUT2D eigenvalue weighted by Crippen LogP contribution is -2.57. The van der Waals surface area contributed by atoms with Crippen LogP contribution in [0.1, 0.15) is 31.0 Å². The molecule has 1 N–H and O–H groups in total. The monoisotopic (exact) mass is 382 g/mol. The van der Waals surface area contributed by atoms with Gasteiger partial charge >= 0.3 is 5.97 Å². The number of piperidine rings is 1. The van der Waals surface area contributed by atoms with E-state index in [1.54, 1.807) is 11.8 Å². The van der Waals surface area contributed by atoms with E-state index in [1.165, 1.54) is 0 Å². The fourth-order valence-electron chi connectivity index (χ4n) is 4.94. The van der Waals surface area contributed by atoms with Gasteiger partial charge in [-0.15, -0.1) is 0 Å². The molecule has 1 aromatic rings. The molecule has 2 aliphatic carbocycles. The molecule has 0 spiro atoms. The second-order valence-electron chi connectivity index (χ2n) is 8.28. The highest BCUT2D eigenvalue weighted by Crippen LogP contribution is 2.55. The first-order valence-electron chi connectivity index (χ1n) is 9.43. The van der Waals surface area contributed by atoms with Crippen molar-refractivity contribution in [3.8, 4) is 0 Å². The number of hydrogen-bond acceptors (Lipinski definition) is 5. The minimum Gasteiger partial charge on any atom is -0.481 e. The Morgan fingerprint density at radius 2 is 1.96 bits per heavy atom. The predicted molar refractivity (Wildman–Crippen MR) is 90.9 cm³/mol. The lowest BCUT2D eigenvalue weighted by Gasteiger charge is -2.42. The maximum Gasteiger partial charge on any atom is 0.303 e. The normalized spacial score (nSPS) is 35.6. The van der Waals surface area contributed by atoms with Gasteiger partial charge in [0.25, 0.3) is 5.92 Å². The predicted octanol–water partition coefficient (Wildman–Crippen LogP) is 2.22. The SMILES string of the molecule is CC1C(F)CN1c1nc(N2CC3C(CC(=O)O)C3C2)c2c(n1)C(F)(F)CC2. The van der Waals surface area contributed by atoms with Crippen LogP contribution in [0.5, 0.6) is 0 Å². The average molecular weight is 382 g/mol. The Bertz CT molecular complexity index is 808. The molecular formula is C18H21F3N4O2. The molecular weight excluding hydrogens is 361 g/mol. The number of fused-ring (bicyclic) bond motifs is 2. The summed E-state index contributed by atoms with van der Waals surface area (Å²) in [5, 5.41) is 8.97. The van der Waals surface area contributed by atoms with Gasteiger partial charge in [-0.25, -0.2) is 9.37 Å². The quantitative estimate of drug-likeness (QED) is 0.861. The highest BCUT2D eigenvalue weighted by Gasteiger charge is 2.57. The minimum absolute atomic E-state index is 0.122. The van der Waals surface area contributed by atoms with E-state index in [-0.39, 0.29) is 55.2 Å². The smallest absolute Gasteiger partial charge is 0.303 e. The molecule has 146 valence electrons. The van der Waals surface area contributed by atoms with Crippen molar-refractivity contribution in [1.29, 1.82) is 0 Å². The molecule has 9 heteroatoms. The molecule has 2 saturated heterocycles. The zero-order chi connectivity index (χ0) is 19.1. The third-order valence-corrected chi connectivity index (χ3v) is 6.73. The number of carboxylic acid groups (broad SMARTS) is 1. The van der Waals surface area contributed by atoms with E-state index in [9.17, 15) is 18.0 Å². The fraction of sp³-hybridized carbons (Fsp3) is 0.722. The molecule has 4 aliphatic rings. The van der Waals surface area contributed by atoms with Gasteiger partial charge in [-0.05, 0) is 31.1 Å². The van der Waals surface area contributed by atoms with Crippen molar-refractivity contribution in [3.05, 3.63) is 11.3 Å². The van der Waals surface area contributed by atoms with Crippen LogP contribution in [0.4, 0.5) is 24.9 Å². The van der Waals surface area contributed by atoms with Crippen LogP contribution in [0.3, 0.4) is 0 Å². The number of halogens is 3. The number of hydrogen-bond donors (Lipinski definition) is 1. The molecule has 1 aromatic heterocycles. The van der Waals surface area contributed by atoms with E-state index in [0.29, 0.717) is 24.5 Å². The second-order valence-corrected chi connectivity index (χ2v) is 8.28.